The Morgan fingerprint density at radius 1 is 1.22 bits per heavy atom. The molecule has 1 heterocycles. The van der Waals surface area contributed by atoms with Gasteiger partial charge in [0.15, 0.2) is 0 Å². The Kier molecular flexibility index (Phi) is 8.23. The highest BCUT2D eigenvalue weighted by molar-refractivity contribution is 5.87. The number of carbonyl (C=O) groups is 1. The maximum absolute atomic E-state index is 11.5. The van der Waals surface area contributed by atoms with Gasteiger partial charge in [-0.3, -0.25) is 4.79 Å². The first-order valence-electron chi connectivity index (χ1n) is 7.00. The lowest BCUT2D eigenvalue weighted by atomic mass is 10.0. The minimum absolute atomic E-state index is 0.0287. The molecule has 0 spiro atoms. The number of hydrogen-bond acceptors (Lipinski definition) is 2. The van der Waals surface area contributed by atoms with Gasteiger partial charge in [-0.2, -0.15) is 0 Å². The monoisotopic (exact) mass is 251 g/mol. The first kappa shape index (κ1) is 15.0. The predicted octanol–water partition coefficient (Wildman–Crippen LogP) is 2.83. The van der Waals surface area contributed by atoms with Crippen molar-refractivity contribution in [3.63, 3.8) is 0 Å². The third-order valence-electron chi connectivity index (χ3n) is 3.08. The third kappa shape index (κ3) is 7.28. The molecule has 1 N–H and O–H groups in total. The summed E-state index contributed by atoms with van der Waals surface area (Å²) in [6.07, 6.45) is 13.0. The fraction of sp³-hybridized carbons (Fsp3) is 0.667. The van der Waals surface area contributed by atoms with Gasteiger partial charge in [-0.05, 0) is 44.1 Å². The SMILES string of the molecule is CCC=CCCC=CC(=O)NCC1CCOCC1. The minimum Gasteiger partial charge on any atom is -0.381 e. The summed E-state index contributed by atoms with van der Waals surface area (Å²) in [5.41, 5.74) is 0. The summed E-state index contributed by atoms with van der Waals surface area (Å²) < 4.78 is 5.29. The Bertz CT molecular complexity index is 278. The average molecular weight is 251 g/mol. The third-order valence-corrected chi connectivity index (χ3v) is 3.08. The van der Waals surface area contributed by atoms with Crippen molar-refractivity contribution in [2.24, 2.45) is 5.92 Å². The van der Waals surface area contributed by atoms with Crippen molar-refractivity contribution in [2.45, 2.75) is 39.0 Å². The fourth-order valence-electron chi connectivity index (χ4n) is 1.92. The lowest BCUT2D eigenvalue weighted by molar-refractivity contribution is -0.116. The van der Waals surface area contributed by atoms with E-state index in [0.29, 0.717) is 5.92 Å². The van der Waals surface area contributed by atoms with Crippen LogP contribution in [0, 0.1) is 5.92 Å². The summed E-state index contributed by atoms with van der Waals surface area (Å²) in [5, 5.41) is 2.96. The second-order valence-corrected chi connectivity index (χ2v) is 4.66. The molecule has 1 aliphatic heterocycles. The summed E-state index contributed by atoms with van der Waals surface area (Å²) in [6.45, 7) is 4.57. The first-order valence-corrected chi connectivity index (χ1v) is 7.00. The van der Waals surface area contributed by atoms with Crippen LogP contribution in [-0.4, -0.2) is 25.7 Å². The maximum atomic E-state index is 11.5. The van der Waals surface area contributed by atoms with Gasteiger partial charge in [0.1, 0.15) is 0 Å². The summed E-state index contributed by atoms with van der Waals surface area (Å²) >= 11 is 0. The van der Waals surface area contributed by atoms with Crippen molar-refractivity contribution >= 4 is 5.91 Å². The molecule has 0 aromatic carbocycles. The number of amides is 1. The van der Waals surface area contributed by atoms with Gasteiger partial charge in [-0.1, -0.05) is 25.2 Å². The lowest BCUT2D eigenvalue weighted by Gasteiger charge is -2.21. The van der Waals surface area contributed by atoms with Crippen LogP contribution >= 0.6 is 0 Å². The Labute approximate surface area is 110 Å². The van der Waals surface area contributed by atoms with Gasteiger partial charge in [-0.15, -0.1) is 0 Å². The topological polar surface area (TPSA) is 38.3 Å². The number of unbranched alkanes of at least 4 members (excludes halogenated alkanes) is 1. The summed E-state index contributed by atoms with van der Waals surface area (Å²) in [6, 6.07) is 0. The van der Waals surface area contributed by atoms with Gasteiger partial charge in [0, 0.05) is 19.8 Å². The van der Waals surface area contributed by atoms with Crippen molar-refractivity contribution in [2.75, 3.05) is 19.8 Å². The molecule has 1 amide bonds. The molecule has 0 bridgehead atoms. The molecular formula is C15H25NO2. The van der Waals surface area contributed by atoms with Crippen LogP contribution < -0.4 is 5.32 Å². The molecule has 0 atom stereocenters. The molecule has 18 heavy (non-hydrogen) atoms. The summed E-state index contributed by atoms with van der Waals surface area (Å²) in [7, 11) is 0. The van der Waals surface area contributed by atoms with Crippen LogP contribution in [0.4, 0.5) is 0 Å². The van der Waals surface area contributed by atoms with Crippen molar-refractivity contribution in [3.05, 3.63) is 24.3 Å². The van der Waals surface area contributed by atoms with Gasteiger partial charge < -0.3 is 10.1 Å². The zero-order chi connectivity index (χ0) is 13.1. The largest absolute Gasteiger partial charge is 0.381 e. The second-order valence-electron chi connectivity index (χ2n) is 4.66. The van der Waals surface area contributed by atoms with Crippen LogP contribution in [0.2, 0.25) is 0 Å². The van der Waals surface area contributed by atoms with Crippen molar-refractivity contribution in [1.29, 1.82) is 0 Å². The molecule has 0 radical (unpaired) electrons. The highest BCUT2D eigenvalue weighted by Crippen LogP contribution is 2.12. The normalized spacial score (nSPS) is 17.6. The Morgan fingerprint density at radius 3 is 2.67 bits per heavy atom. The Balaban J connectivity index is 2.05. The van der Waals surface area contributed by atoms with Gasteiger partial charge in [-0.25, -0.2) is 0 Å². The molecule has 0 aromatic rings. The molecule has 1 saturated heterocycles. The highest BCUT2D eigenvalue weighted by Gasteiger charge is 2.13. The van der Waals surface area contributed by atoms with E-state index in [0.717, 1.165) is 51.9 Å². The quantitative estimate of drug-likeness (QED) is 0.429. The molecule has 1 fully saturated rings. The van der Waals surface area contributed by atoms with E-state index < -0.39 is 0 Å². The smallest absolute Gasteiger partial charge is 0.243 e. The van der Waals surface area contributed by atoms with Crippen LogP contribution in [0.5, 0.6) is 0 Å². The zero-order valence-corrected chi connectivity index (χ0v) is 11.4. The van der Waals surface area contributed by atoms with E-state index in [2.05, 4.69) is 24.4 Å². The van der Waals surface area contributed by atoms with Gasteiger partial charge >= 0.3 is 0 Å². The van der Waals surface area contributed by atoms with Crippen molar-refractivity contribution in [1.82, 2.24) is 5.32 Å². The molecule has 0 aliphatic carbocycles. The molecule has 1 aliphatic rings. The number of hydrogen-bond donors (Lipinski definition) is 1. The van der Waals surface area contributed by atoms with E-state index in [1.165, 1.54) is 0 Å². The molecule has 0 saturated carbocycles. The zero-order valence-electron chi connectivity index (χ0n) is 11.4. The summed E-state index contributed by atoms with van der Waals surface area (Å²) in [5.74, 6) is 0.615. The number of ether oxygens (including phenoxy) is 1. The molecule has 1 rings (SSSR count). The van der Waals surface area contributed by atoms with Gasteiger partial charge in [0.2, 0.25) is 5.91 Å². The Hall–Kier alpha value is -1.09. The standard InChI is InChI=1S/C15H25NO2/c1-2-3-4-5-6-7-8-15(17)16-13-14-9-11-18-12-10-14/h3-4,7-8,14H,2,5-6,9-13H2,1H3,(H,16,17). The van der Waals surface area contributed by atoms with Crippen LogP contribution in [-0.2, 0) is 9.53 Å². The van der Waals surface area contributed by atoms with E-state index in [1.54, 1.807) is 6.08 Å². The average Bonchev–Trinajstić information content (AvgIpc) is 2.41. The van der Waals surface area contributed by atoms with Gasteiger partial charge in [0.05, 0.1) is 0 Å². The van der Waals surface area contributed by atoms with E-state index in [-0.39, 0.29) is 5.91 Å². The predicted molar refractivity (Wildman–Crippen MR) is 74.4 cm³/mol. The van der Waals surface area contributed by atoms with Crippen LogP contribution in [0.25, 0.3) is 0 Å². The van der Waals surface area contributed by atoms with Gasteiger partial charge in [0.25, 0.3) is 0 Å². The number of allylic oxidation sites excluding steroid dienone is 3. The first-order chi connectivity index (χ1) is 8.83. The van der Waals surface area contributed by atoms with Crippen LogP contribution in [0.1, 0.15) is 39.0 Å². The summed E-state index contributed by atoms with van der Waals surface area (Å²) in [4.78, 5) is 11.5. The van der Waals surface area contributed by atoms with E-state index in [9.17, 15) is 4.79 Å². The number of nitrogens with one attached hydrogen (secondary N) is 1. The molecule has 3 heteroatoms. The van der Waals surface area contributed by atoms with Crippen molar-refractivity contribution < 1.29 is 9.53 Å². The van der Waals surface area contributed by atoms with Crippen LogP contribution in [0.15, 0.2) is 24.3 Å². The maximum Gasteiger partial charge on any atom is 0.243 e. The second kappa shape index (κ2) is 9.89. The number of rotatable bonds is 7. The highest BCUT2D eigenvalue weighted by atomic mass is 16.5. The molecule has 0 aromatic heterocycles. The van der Waals surface area contributed by atoms with E-state index in [4.69, 9.17) is 4.74 Å². The molecule has 0 unspecified atom stereocenters. The fourth-order valence-corrected chi connectivity index (χ4v) is 1.92. The molecule has 102 valence electrons. The van der Waals surface area contributed by atoms with Crippen LogP contribution in [0.3, 0.4) is 0 Å². The molecule has 3 nitrogen and oxygen atoms in total. The van der Waals surface area contributed by atoms with Crippen molar-refractivity contribution in [3.8, 4) is 0 Å². The van der Waals surface area contributed by atoms with E-state index in [1.807, 2.05) is 6.08 Å². The minimum atomic E-state index is 0.0287. The van der Waals surface area contributed by atoms with E-state index >= 15 is 0 Å². The Morgan fingerprint density at radius 2 is 1.94 bits per heavy atom. The molecular weight excluding hydrogens is 226 g/mol. The number of carbonyl (C=O) groups excluding carboxylic acids is 1. The lowest BCUT2D eigenvalue weighted by Crippen LogP contribution is -2.31.